The van der Waals surface area contributed by atoms with Gasteiger partial charge in [-0.15, -0.1) is 0 Å². The first-order valence-electron chi connectivity index (χ1n) is 8.83. The Balaban J connectivity index is 1.92. The van der Waals surface area contributed by atoms with Crippen molar-refractivity contribution in [2.24, 2.45) is 5.41 Å². The summed E-state index contributed by atoms with van der Waals surface area (Å²) in [6, 6.07) is 5.51. The minimum Gasteiger partial charge on any atom is -0.490 e. The SMILES string of the molecule is Cc1c(NC(=O)NCC(C)(C)CCO)cccc1OC1CCCC1. The largest absolute Gasteiger partial charge is 0.490 e. The smallest absolute Gasteiger partial charge is 0.319 e. The van der Waals surface area contributed by atoms with Crippen LogP contribution in [0.15, 0.2) is 18.2 Å². The lowest BCUT2D eigenvalue weighted by molar-refractivity contribution is 0.204. The molecule has 1 aromatic carbocycles. The van der Waals surface area contributed by atoms with Crippen LogP contribution in [0.4, 0.5) is 10.5 Å². The van der Waals surface area contributed by atoms with Gasteiger partial charge < -0.3 is 20.5 Å². The molecule has 1 aliphatic carbocycles. The van der Waals surface area contributed by atoms with Gasteiger partial charge in [0.25, 0.3) is 0 Å². The van der Waals surface area contributed by atoms with Crippen molar-refractivity contribution in [3.63, 3.8) is 0 Å². The quantitative estimate of drug-likeness (QED) is 0.709. The number of hydrogen-bond acceptors (Lipinski definition) is 3. The molecule has 3 N–H and O–H groups in total. The molecule has 0 atom stereocenters. The van der Waals surface area contributed by atoms with Crippen molar-refractivity contribution >= 4 is 11.7 Å². The first-order chi connectivity index (χ1) is 11.4. The van der Waals surface area contributed by atoms with E-state index in [9.17, 15) is 4.79 Å². The highest BCUT2D eigenvalue weighted by molar-refractivity contribution is 5.90. The van der Waals surface area contributed by atoms with Gasteiger partial charge in [0.1, 0.15) is 5.75 Å². The van der Waals surface area contributed by atoms with Gasteiger partial charge in [-0.1, -0.05) is 19.9 Å². The third-order valence-electron chi connectivity index (χ3n) is 4.64. The fourth-order valence-electron chi connectivity index (χ4n) is 2.94. The number of anilines is 1. The summed E-state index contributed by atoms with van der Waals surface area (Å²) in [4.78, 5) is 12.1. The Morgan fingerprint density at radius 2 is 2.04 bits per heavy atom. The molecule has 2 rings (SSSR count). The minimum atomic E-state index is -0.234. The fraction of sp³-hybridized carbons (Fsp3) is 0.632. The van der Waals surface area contributed by atoms with Crippen LogP contribution in [0.5, 0.6) is 5.75 Å². The molecule has 1 fully saturated rings. The van der Waals surface area contributed by atoms with Gasteiger partial charge >= 0.3 is 6.03 Å². The van der Waals surface area contributed by atoms with Crippen LogP contribution in [0.25, 0.3) is 0 Å². The van der Waals surface area contributed by atoms with E-state index >= 15 is 0 Å². The van der Waals surface area contributed by atoms with Crippen LogP contribution in [0.2, 0.25) is 0 Å². The molecule has 2 amide bonds. The molecular weight excluding hydrogens is 304 g/mol. The first kappa shape index (κ1) is 18.6. The average Bonchev–Trinajstić information content (AvgIpc) is 3.02. The highest BCUT2D eigenvalue weighted by Crippen LogP contribution is 2.30. The molecule has 0 radical (unpaired) electrons. The van der Waals surface area contributed by atoms with E-state index in [2.05, 4.69) is 10.6 Å². The normalized spacial score (nSPS) is 15.3. The zero-order chi connectivity index (χ0) is 17.6. The number of benzene rings is 1. The molecule has 0 heterocycles. The van der Waals surface area contributed by atoms with E-state index in [1.54, 1.807) is 0 Å². The zero-order valence-electron chi connectivity index (χ0n) is 15.0. The Bertz CT molecular complexity index is 552. The lowest BCUT2D eigenvalue weighted by Crippen LogP contribution is -2.37. The molecule has 134 valence electrons. The molecule has 1 aromatic rings. The lowest BCUT2D eigenvalue weighted by Gasteiger charge is -2.24. The molecule has 0 bridgehead atoms. The summed E-state index contributed by atoms with van der Waals surface area (Å²) in [5, 5.41) is 14.8. The van der Waals surface area contributed by atoms with Gasteiger partial charge in [-0.3, -0.25) is 0 Å². The molecule has 5 nitrogen and oxygen atoms in total. The Morgan fingerprint density at radius 1 is 1.33 bits per heavy atom. The predicted octanol–water partition coefficient (Wildman–Crippen LogP) is 3.85. The summed E-state index contributed by atoms with van der Waals surface area (Å²) in [7, 11) is 0. The number of aliphatic hydroxyl groups excluding tert-OH is 1. The monoisotopic (exact) mass is 334 g/mol. The van der Waals surface area contributed by atoms with Crippen molar-refractivity contribution in [3.8, 4) is 5.75 Å². The Hall–Kier alpha value is -1.75. The predicted molar refractivity (Wildman–Crippen MR) is 96.6 cm³/mol. The van der Waals surface area contributed by atoms with Gasteiger partial charge in [0.05, 0.1) is 6.10 Å². The second-order valence-corrected chi connectivity index (χ2v) is 7.40. The van der Waals surface area contributed by atoms with Crippen LogP contribution >= 0.6 is 0 Å². The summed E-state index contributed by atoms with van der Waals surface area (Å²) in [5.41, 5.74) is 1.59. The standard InChI is InChI=1S/C19H30N2O3/c1-14-16(21-18(23)20-13-19(2,3)11-12-22)9-6-10-17(14)24-15-7-4-5-8-15/h6,9-10,15,22H,4-5,7-8,11-13H2,1-3H3,(H2,20,21,23). The summed E-state index contributed by atoms with van der Waals surface area (Å²) in [6.07, 6.45) is 5.63. The number of carbonyl (C=O) groups is 1. The highest BCUT2D eigenvalue weighted by Gasteiger charge is 2.20. The first-order valence-corrected chi connectivity index (χ1v) is 8.83. The van der Waals surface area contributed by atoms with Crippen LogP contribution in [-0.4, -0.2) is 30.4 Å². The van der Waals surface area contributed by atoms with Crippen LogP contribution in [0.3, 0.4) is 0 Å². The van der Waals surface area contributed by atoms with Crippen LogP contribution < -0.4 is 15.4 Å². The number of hydrogen-bond donors (Lipinski definition) is 3. The molecule has 0 aliphatic heterocycles. The second kappa shape index (κ2) is 8.38. The number of amides is 2. The van der Waals surface area contributed by atoms with Crippen LogP contribution in [0.1, 0.15) is 51.5 Å². The van der Waals surface area contributed by atoms with Crippen LogP contribution in [-0.2, 0) is 0 Å². The maximum Gasteiger partial charge on any atom is 0.319 e. The number of nitrogens with one attached hydrogen (secondary N) is 2. The Morgan fingerprint density at radius 3 is 2.71 bits per heavy atom. The molecule has 0 spiro atoms. The van der Waals surface area contributed by atoms with E-state index in [0.29, 0.717) is 19.1 Å². The molecule has 0 unspecified atom stereocenters. The fourth-order valence-corrected chi connectivity index (χ4v) is 2.94. The van der Waals surface area contributed by atoms with E-state index < -0.39 is 0 Å². The maximum absolute atomic E-state index is 12.1. The van der Waals surface area contributed by atoms with Crippen molar-refractivity contribution in [3.05, 3.63) is 23.8 Å². The second-order valence-electron chi connectivity index (χ2n) is 7.40. The Labute approximate surface area is 144 Å². The molecule has 1 aliphatic rings. The van der Waals surface area contributed by atoms with E-state index in [4.69, 9.17) is 9.84 Å². The van der Waals surface area contributed by atoms with E-state index in [0.717, 1.165) is 29.8 Å². The summed E-state index contributed by atoms with van der Waals surface area (Å²) < 4.78 is 6.07. The van der Waals surface area contributed by atoms with Gasteiger partial charge in [0.15, 0.2) is 0 Å². The number of aliphatic hydroxyl groups is 1. The number of rotatable bonds is 7. The highest BCUT2D eigenvalue weighted by atomic mass is 16.5. The van der Waals surface area contributed by atoms with E-state index in [1.165, 1.54) is 12.8 Å². The number of carbonyl (C=O) groups excluding carboxylic acids is 1. The molecule has 5 heteroatoms. The zero-order valence-corrected chi connectivity index (χ0v) is 15.0. The molecule has 24 heavy (non-hydrogen) atoms. The van der Waals surface area contributed by atoms with Crippen molar-refractivity contribution in [1.29, 1.82) is 0 Å². The third-order valence-corrected chi connectivity index (χ3v) is 4.64. The molecule has 0 saturated heterocycles. The van der Waals surface area contributed by atoms with Crippen molar-refractivity contribution in [2.75, 3.05) is 18.5 Å². The van der Waals surface area contributed by atoms with Gasteiger partial charge in [0, 0.05) is 24.4 Å². The summed E-state index contributed by atoms with van der Waals surface area (Å²) >= 11 is 0. The van der Waals surface area contributed by atoms with Gasteiger partial charge in [-0.2, -0.15) is 0 Å². The lowest BCUT2D eigenvalue weighted by atomic mass is 9.90. The summed E-state index contributed by atoms with van der Waals surface area (Å²) in [6.45, 7) is 6.64. The number of ether oxygens (including phenoxy) is 1. The van der Waals surface area contributed by atoms with E-state index in [-0.39, 0.29) is 18.1 Å². The molecule has 1 saturated carbocycles. The van der Waals surface area contributed by atoms with Crippen molar-refractivity contribution < 1.29 is 14.6 Å². The van der Waals surface area contributed by atoms with Gasteiger partial charge in [-0.25, -0.2) is 4.79 Å². The topological polar surface area (TPSA) is 70.6 Å². The van der Waals surface area contributed by atoms with Crippen molar-refractivity contribution in [2.45, 2.75) is 59.0 Å². The maximum atomic E-state index is 12.1. The molecular formula is C19H30N2O3. The molecule has 0 aromatic heterocycles. The summed E-state index contributed by atoms with van der Waals surface area (Å²) in [5.74, 6) is 0.848. The Kier molecular flexibility index (Phi) is 6.49. The van der Waals surface area contributed by atoms with Gasteiger partial charge in [-0.05, 0) is 56.6 Å². The third kappa shape index (κ3) is 5.41. The van der Waals surface area contributed by atoms with E-state index in [1.807, 2.05) is 39.0 Å². The number of urea groups is 1. The van der Waals surface area contributed by atoms with Gasteiger partial charge in [0.2, 0.25) is 0 Å². The van der Waals surface area contributed by atoms with Crippen LogP contribution in [0, 0.1) is 12.3 Å². The van der Waals surface area contributed by atoms with Crippen molar-refractivity contribution in [1.82, 2.24) is 5.32 Å². The average molecular weight is 334 g/mol. The minimum absolute atomic E-state index is 0.121.